The number of hydrogen-bond donors (Lipinski definition) is 1. The minimum Gasteiger partial charge on any atom is -0.493 e. The van der Waals surface area contributed by atoms with Gasteiger partial charge in [0.2, 0.25) is 0 Å². The number of piperidine rings is 1. The van der Waals surface area contributed by atoms with Gasteiger partial charge in [-0.15, -0.1) is 0 Å². The summed E-state index contributed by atoms with van der Waals surface area (Å²) in [5, 5.41) is 3.33. The van der Waals surface area contributed by atoms with Gasteiger partial charge in [0.05, 0.1) is 26.1 Å². The predicted molar refractivity (Wildman–Crippen MR) is 110 cm³/mol. The summed E-state index contributed by atoms with van der Waals surface area (Å²) in [6.07, 6.45) is 6.09. The van der Waals surface area contributed by atoms with Crippen LogP contribution in [0.25, 0.3) is 0 Å². The zero-order valence-corrected chi connectivity index (χ0v) is 16.9. The Morgan fingerprint density at radius 1 is 1.18 bits per heavy atom. The molecule has 1 saturated heterocycles. The zero-order valence-electron chi connectivity index (χ0n) is 16.9. The highest BCUT2D eigenvalue weighted by Crippen LogP contribution is 2.28. The van der Waals surface area contributed by atoms with Crippen molar-refractivity contribution in [1.29, 1.82) is 0 Å². The van der Waals surface area contributed by atoms with E-state index in [9.17, 15) is 4.79 Å². The van der Waals surface area contributed by atoms with Crippen LogP contribution in [0.15, 0.2) is 36.5 Å². The maximum absolute atomic E-state index is 12.8. The minimum atomic E-state index is 0.0398. The second-order valence-electron chi connectivity index (χ2n) is 7.03. The van der Waals surface area contributed by atoms with Crippen molar-refractivity contribution in [3.05, 3.63) is 47.8 Å². The summed E-state index contributed by atoms with van der Waals surface area (Å²) in [6.45, 7) is 3.60. The Bertz CT molecular complexity index is 792. The van der Waals surface area contributed by atoms with Crippen molar-refractivity contribution in [1.82, 2.24) is 9.88 Å². The van der Waals surface area contributed by atoms with E-state index in [2.05, 4.69) is 17.2 Å². The van der Waals surface area contributed by atoms with Gasteiger partial charge in [-0.25, -0.2) is 4.98 Å². The van der Waals surface area contributed by atoms with Gasteiger partial charge in [0.1, 0.15) is 5.69 Å². The van der Waals surface area contributed by atoms with Crippen LogP contribution < -0.4 is 14.8 Å². The molecule has 1 fully saturated rings. The molecule has 1 amide bonds. The lowest BCUT2D eigenvalue weighted by Gasteiger charge is -2.35. The van der Waals surface area contributed by atoms with Crippen molar-refractivity contribution < 1.29 is 14.3 Å². The highest BCUT2D eigenvalue weighted by molar-refractivity contribution is 5.92. The van der Waals surface area contributed by atoms with E-state index >= 15 is 0 Å². The van der Waals surface area contributed by atoms with E-state index in [1.54, 1.807) is 26.5 Å². The lowest BCUT2D eigenvalue weighted by atomic mass is 9.99. The molecule has 1 aliphatic rings. The van der Waals surface area contributed by atoms with Crippen LogP contribution in [-0.4, -0.2) is 42.6 Å². The Hall–Kier alpha value is -2.76. The second-order valence-corrected chi connectivity index (χ2v) is 7.03. The number of nitrogens with zero attached hydrogens (tertiary/aromatic N) is 2. The van der Waals surface area contributed by atoms with E-state index in [-0.39, 0.29) is 5.91 Å². The van der Waals surface area contributed by atoms with Gasteiger partial charge in [0, 0.05) is 19.1 Å². The van der Waals surface area contributed by atoms with E-state index in [1.165, 1.54) is 6.42 Å². The first kappa shape index (κ1) is 20.0. The maximum Gasteiger partial charge on any atom is 0.272 e. The number of likely N-dealkylation sites (tertiary alicyclic amines) is 1. The van der Waals surface area contributed by atoms with Gasteiger partial charge in [-0.2, -0.15) is 0 Å². The quantitative estimate of drug-likeness (QED) is 0.779. The first-order valence-corrected chi connectivity index (χ1v) is 9.88. The van der Waals surface area contributed by atoms with E-state index in [0.29, 0.717) is 29.8 Å². The molecule has 28 heavy (non-hydrogen) atoms. The van der Waals surface area contributed by atoms with Gasteiger partial charge in [-0.05, 0) is 55.5 Å². The molecule has 1 atom stereocenters. The number of rotatable bonds is 7. The molecule has 0 bridgehead atoms. The largest absolute Gasteiger partial charge is 0.493 e. The molecule has 6 nitrogen and oxygen atoms in total. The van der Waals surface area contributed by atoms with Gasteiger partial charge in [0.25, 0.3) is 5.91 Å². The highest BCUT2D eigenvalue weighted by atomic mass is 16.5. The molecule has 3 rings (SSSR count). The number of anilines is 1. The second kappa shape index (κ2) is 9.44. The molecule has 0 spiro atoms. The van der Waals surface area contributed by atoms with Gasteiger partial charge < -0.3 is 19.7 Å². The third-order valence-electron chi connectivity index (χ3n) is 5.29. The van der Waals surface area contributed by atoms with Gasteiger partial charge in [-0.1, -0.05) is 13.0 Å². The van der Waals surface area contributed by atoms with E-state index < -0.39 is 0 Å². The number of nitrogens with one attached hydrogen (secondary N) is 1. The summed E-state index contributed by atoms with van der Waals surface area (Å²) in [5.41, 5.74) is 2.45. The standard InChI is InChI=1S/C22H29N3O3/c1-4-18-7-5-6-12-25(18)22(26)19-10-9-17(15-24-19)23-14-16-8-11-20(27-2)21(13-16)28-3/h8-11,13,15,18,23H,4-7,12,14H2,1-3H3. The first-order valence-electron chi connectivity index (χ1n) is 9.88. The molecule has 2 aromatic rings. The minimum absolute atomic E-state index is 0.0398. The lowest BCUT2D eigenvalue weighted by molar-refractivity contribution is 0.0602. The molecule has 0 radical (unpaired) electrons. The van der Waals surface area contributed by atoms with Crippen molar-refractivity contribution in [2.24, 2.45) is 0 Å². The molecular formula is C22H29N3O3. The van der Waals surface area contributed by atoms with Gasteiger partial charge in [0.15, 0.2) is 11.5 Å². The molecule has 150 valence electrons. The topological polar surface area (TPSA) is 63.7 Å². The molecule has 1 aliphatic heterocycles. The van der Waals surface area contributed by atoms with Crippen LogP contribution in [0.1, 0.15) is 48.7 Å². The lowest BCUT2D eigenvalue weighted by Crippen LogP contribution is -2.43. The average molecular weight is 383 g/mol. The number of hydrogen-bond acceptors (Lipinski definition) is 5. The molecule has 2 heterocycles. The van der Waals surface area contributed by atoms with Crippen molar-refractivity contribution >= 4 is 11.6 Å². The number of pyridine rings is 1. The van der Waals surface area contributed by atoms with Crippen molar-refractivity contribution in [2.75, 3.05) is 26.1 Å². The van der Waals surface area contributed by atoms with E-state index in [4.69, 9.17) is 9.47 Å². The van der Waals surface area contributed by atoms with Crippen LogP contribution in [0.2, 0.25) is 0 Å². The van der Waals surface area contributed by atoms with Crippen molar-refractivity contribution in [2.45, 2.75) is 45.2 Å². The summed E-state index contributed by atoms with van der Waals surface area (Å²) in [6, 6.07) is 9.87. The third-order valence-corrected chi connectivity index (χ3v) is 5.29. The Kier molecular flexibility index (Phi) is 6.74. The van der Waals surface area contributed by atoms with Crippen LogP contribution in [0.3, 0.4) is 0 Å². The molecule has 1 aromatic carbocycles. The van der Waals surface area contributed by atoms with Crippen LogP contribution in [0.5, 0.6) is 11.5 Å². The Balaban J connectivity index is 1.62. The highest BCUT2D eigenvalue weighted by Gasteiger charge is 2.26. The Morgan fingerprint density at radius 2 is 2.00 bits per heavy atom. The van der Waals surface area contributed by atoms with Crippen molar-refractivity contribution in [3.8, 4) is 11.5 Å². The molecule has 1 N–H and O–H groups in total. The predicted octanol–water partition coefficient (Wildman–Crippen LogP) is 4.12. The number of carbonyl (C=O) groups is 1. The average Bonchev–Trinajstić information content (AvgIpc) is 2.77. The maximum atomic E-state index is 12.8. The fraction of sp³-hybridized carbons (Fsp3) is 0.455. The number of benzene rings is 1. The van der Waals surface area contributed by atoms with Crippen LogP contribution >= 0.6 is 0 Å². The number of ether oxygens (including phenoxy) is 2. The Morgan fingerprint density at radius 3 is 2.68 bits per heavy atom. The molecule has 0 saturated carbocycles. The molecule has 0 aliphatic carbocycles. The van der Waals surface area contributed by atoms with Gasteiger partial charge in [-0.3, -0.25) is 4.79 Å². The van der Waals surface area contributed by atoms with Gasteiger partial charge >= 0.3 is 0 Å². The zero-order chi connectivity index (χ0) is 19.9. The van der Waals surface area contributed by atoms with Crippen molar-refractivity contribution in [3.63, 3.8) is 0 Å². The molecule has 1 unspecified atom stereocenters. The summed E-state index contributed by atoms with van der Waals surface area (Å²) in [5.74, 6) is 1.45. The summed E-state index contributed by atoms with van der Waals surface area (Å²) < 4.78 is 10.6. The van der Waals surface area contributed by atoms with Crippen LogP contribution in [-0.2, 0) is 6.54 Å². The monoisotopic (exact) mass is 383 g/mol. The van der Waals surface area contributed by atoms with E-state index in [1.807, 2.05) is 29.2 Å². The Labute approximate surface area is 166 Å². The summed E-state index contributed by atoms with van der Waals surface area (Å²) >= 11 is 0. The summed E-state index contributed by atoms with van der Waals surface area (Å²) in [7, 11) is 3.25. The first-order chi connectivity index (χ1) is 13.7. The van der Waals surface area contributed by atoms with Crippen LogP contribution in [0.4, 0.5) is 5.69 Å². The molecule has 6 heteroatoms. The fourth-order valence-electron chi connectivity index (χ4n) is 3.66. The van der Waals surface area contributed by atoms with Crippen LogP contribution in [0, 0.1) is 0 Å². The summed E-state index contributed by atoms with van der Waals surface area (Å²) in [4.78, 5) is 19.2. The fourth-order valence-corrected chi connectivity index (χ4v) is 3.66. The number of amides is 1. The SMILES string of the molecule is CCC1CCCCN1C(=O)c1ccc(NCc2ccc(OC)c(OC)c2)cn1. The molecular weight excluding hydrogens is 354 g/mol. The smallest absolute Gasteiger partial charge is 0.272 e. The van der Waals surface area contributed by atoms with E-state index in [0.717, 1.165) is 37.1 Å². The molecule has 1 aromatic heterocycles. The number of aromatic nitrogens is 1. The normalized spacial score (nSPS) is 16.5. The number of carbonyl (C=O) groups excluding carboxylic acids is 1. The number of methoxy groups -OCH3 is 2. The third kappa shape index (κ3) is 4.55.